The molecular formula is C7H14N2. The van der Waals surface area contributed by atoms with Gasteiger partial charge in [-0.05, 0) is 43.8 Å². The zero-order valence-electron chi connectivity index (χ0n) is 5.69. The van der Waals surface area contributed by atoms with E-state index in [1.807, 2.05) is 0 Å². The molecule has 0 atom stereocenters. The second-order valence-electron chi connectivity index (χ2n) is 3.42. The maximum absolute atomic E-state index is 5.65. The summed E-state index contributed by atoms with van der Waals surface area (Å²) < 4.78 is 0. The Bertz CT molecular complexity index is 114. The van der Waals surface area contributed by atoms with E-state index >= 15 is 0 Å². The number of nitrogens with two attached hydrogens (primary N) is 1. The van der Waals surface area contributed by atoms with E-state index in [1.165, 1.54) is 25.9 Å². The van der Waals surface area contributed by atoms with Gasteiger partial charge < -0.3 is 11.1 Å². The lowest BCUT2D eigenvalue weighted by Crippen LogP contribution is -2.49. The van der Waals surface area contributed by atoms with Crippen LogP contribution in [0.3, 0.4) is 0 Å². The first-order valence-electron chi connectivity index (χ1n) is 3.78. The second-order valence-corrected chi connectivity index (χ2v) is 3.42. The summed E-state index contributed by atoms with van der Waals surface area (Å²) in [5.41, 5.74) is 6.25. The normalized spacial score (nSPS) is 31.7. The first-order chi connectivity index (χ1) is 4.37. The van der Waals surface area contributed by atoms with Gasteiger partial charge in [0.2, 0.25) is 0 Å². The van der Waals surface area contributed by atoms with E-state index in [-0.39, 0.29) is 0 Å². The lowest BCUT2D eigenvalue weighted by atomic mass is 9.84. The van der Waals surface area contributed by atoms with Crippen molar-refractivity contribution in [1.29, 1.82) is 0 Å². The molecule has 0 aromatic carbocycles. The van der Waals surface area contributed by atoms with Crippen LogP contribution in [0.5, 0.6) is 0 Å². The van der Waals surface area contributed by atoms with Crippen LogP contribution < -0.4 is 11.1 Å². The summed E-state index contributed by atoms with van der Waals surface area (Å²) in [4.78, 5) is 0. The molecule has 1 saturated heterocycles. The third-order valence-corrected chi connectivity index (χ3v) is 2.95. The Balaban J connectivity index is 1.94. The van der Waals surface area contributed by atoms with Crippen molar-refractivity contribution in [1.82, 2.24) is 5.32 Å². The van der Waals surface area contributed by atoms with Gasteiger partial charge in [-0.1, -0.05) is 0 Å². The molecule has 0 spiro atoms. The predicted octanol–water partition coefficient (Wildman–Crippen LogP) is -0.0553. The van der Waals surface area contributed by atoms with Crippen molar-refractivity contribution in [2.24, 2.45) is 17.1 Å². The average molecular weight is 126 g/mol. The van der Waals surface area contributed by atoms with Gasteiger partial charge in [-0.3, -0.25) is 0 Å². The van der Waals surface area contributed by atoms with Gasteiger partial charge in [-0.2, -0.15) is 0 Å². The lowest BCUT2D eigenvalue weighted by molar-refractivity contribution is 0.219. The van der Waals surface area contributed by atoms with Gasteiger partial charge in [0.25, 0.3) is 0 Å². The molecule has 0 aromatic rings. The van der Waals surface area contributed by atoms with Crippen molar-refractivity contribution in [3.05, 3.63) is 0 Å². The molecule has 52 valence electrons. The van der Waals surface area contributed by atoms with Crippen molar-refractivity contribution in [3.63, 3.8) is 0 Å². The van der Waals surface area contributed by atoms with Crippen LogP contribution in [-0.2, 0) is 0 Å². The zero-order chi connectivity index (χ0) is 6.32. The van der Waals surface area contributed by atoms with E-state index < -0.39 is 0 Å². The number of hydrogen-bond acceptors (Lipinski definition) is 2. The molecule has 1 saturated carbocycles. The van der Waals surface area contributed by atoms with E-state index in [9.17, 15) is 0 Å². The maximum atomic E-state index is 5.65. The summed E-state index contributed by atoms with van der Waals surface area (Å²) in [5.74, 6) is 0.919. The Hall–Kier alpha value is -0.0800. The minimum atomic E-state index is 0.602. The Morgan fingerprint density at radius 2 is 2.11 bits per heavy atom. The molecule has 3 N–H and O–H groups in total. The SMILES string of the molecule is NCC1(C2CNC2)CC1. The summed E-state index contributed by atoms with van der Waals surface area (Å²) in [6.45, 7) is 3.35. The molecule has 0 unspecified atom stereocenters. The number of hydrogen-bond donors (Lipinski definition) is 2. The van der Waals surface area contributed by atoms with Crippen LogP contribution in [0.15, 0.2) is 0 Å². The Morgan fingerprint density at radius 1 is 1.44 bits per heavy atom. The van der Waals surface area contributed by atoms with Gasteiger partial charge in [0.1, 0.15) is 0 Å². The van der Waals surface area contributed by atoms with Gasteiger partial charge >= 0.3 is 0 Å². The Labute approximate surface area is 55.8 Å². The molecule has 2 rings (SSSR count). The van der Waals surface area contributed by atoms with Crippen LogP contribution in [0.4, 0.5) is 0 Å². The number of nitrogens with one attached hydrogen (secondary N) is 1. The predicted molar refractivity (Wildman–Crippen MR) is 37.1 cm³/mol. The van der Waals surface area contributed by atoms with Crippen LogP contribution in [-0.4, -0.2) is 19.6 Å². The fourth-order valence-corrected chi connectivity index (χ4v) is 1.66. The van der Waals surface area contributed by atoms with Crippen molar-refractivity contribution < 1.29 is 0 Å². The molecule has 0 amide bonds. The molecule has 0 radical (unpaired) electrons. The molecule has 2 nitrogen and oxygen atoms in total. The first-order valence-corrected chi connectivity index (χ1v) is 3.78. The molecule has 2 heteroatoms. The second kappa shape index (κ2) is 1.70. The van der Waals surface area contributed by atoms with Crippen LogP contribution in [0, 0.1) is 11.3 Å². The molecule has 0 bridgehead atoms. The summed E-state index contributed by atoms with van der Waals surface area (Å²) in [7, 11) is 0. The molecule has 1 aliphatic carbocycles. The van der Waals surface area contributed by atoms with Crippen molar-refractivity contribution in [2.75, 3.05) is 19.6 Å². The van der Waals surface area contributed by atoms with E-state index in [0.29, 0.717) is 5.41 Å². The highest BCUT2D eigenvalue weighted by molar-refractivity contribution is 5.03. The van der Waals surface area contributed by atoms with Gasteiger partial charge in [0.15, 0.2) is 0 Å². The average Bonchev–Trinajstić information content (AvgIpc) is 2.44. The largest absolute Gasteiger partial charge is 0.330 e. The molecule has 1 heterocycles. The van der Waals surface area contributed by atoms with Gasteiger partial charge in [0, 0.05) is 0 Å². The summed E-state index contributed by atoms with van der Waals surface area (Å²) in [6.07, 6.45) is 2.77. The maximum Gasteiger partial charge on any atom is -0.000244 e. The van der Waals surface area contributed by atoms with Gasteiger partial charge in [-0.15, -0.1) is 0 Å². The molecule has 9 heavy (non-hydrogen) atoms. The smallest absolute Gasteiger partial charge is 0.000244 e. The van der Waals surface area contributed by atoms with Crippen LogP contribution in [0.2, 0.25) is 0 Å². The first kappa shape index (κ1) is 5.69. The summed E-state index contributed by atoms with van der Waals surface area (Å²) >= 11 is 0. The third kappa shape index (κ3) is 0.700. The van der Waals surface area contributed by atoms with Crippen LogP contribution >= 0.6 is 0 Å². The molecular weight excluding hydrogens is 112 g/mol. The highest BCUT2D eigenvalue weighted by atomic mass is 15.0. The fraction of sp³-hybridized carbons (Fsp3) is 1.00. The molecule has 1 aliphatic heterocycles. The van der Waals surface area contributed by atoms with Gasteiger partial charge in [-0.25, -0.2) is 0 Å². The molecule has 2 aliphatic rings. The third-order valence-electron chi connectivity index (χ3n) is 2.95. The standard InChI is InChI=1S/C7H14N2/c8-5-7(1-2-7)6-3-9-4-6/h6,9H,1-5,8H2. The topological polar surface area (TPSA) is 38.0 Å². The molecule has 2 fully saturated rings. The number of rotatable bonds is 2. The van der Waals surface area contributed by atoms with Crippen LogP contribution in [0.25, 0.3) is 0 Å². The van der Waals surface area contributed by atoms with Crippen LogP contribution in [0.1, 0.15) is 12.8 Å². The van der Waals surface area contributed by atoms with Crippen molar-refractivity contribution >= 4 is 0 Å². The van der Waals surface area contributed by atoms with Crippen molar-refractivity contribution in [3.8, 4) is 0 Å². The fourth-order valence-electron chi connectivity index (χ4n) is 1.66. The quantitative estimate of drug-likeness (QED) is 0.544. The van der Waals surface area contributed by atoms with E-state index in [2.05, 4.69) is 5.32 Å². The van der Waals surface area contributed by atoms with Gasteiger partial charge in [0.05, 0.1) is 0 Å². The highest BCUT2D eigenvalue weighted by Crippen LogP contribution is 2.52. The summed E-state index contributed by atoms with van der Waals surface area (Å²) in [5, 5.41) is 3.29. The zero-order valence-corrected chi connectivity index (χ0v) is 5.69. The Kier molecular flexibility index (Phi) is 1.08. The summed E-state index contributed by atoms with van der Waals surface area (Å²) in [6, 6.07) is 0. The highest BCUT2D eigenvalue weighted by Gasteiger charge is 2.49. The minimum absolute atomic E-state index is 0.602. The van der Waals surface area contributed by atoms with Crippen molar-refractivity contribution in [2.45, 2.75) is 12.8 Å². The van der Waals surface area contributed by atoms with E-state index in [1.54, 1.807) is 0 Å². The molecule has 0 aromatic heterocycles. The van der Waals surface area contributed by atoms with E-state index in [0.717, 1.165) is 12.5 Å². The van der Waals surface area contributed by atoms with E-state index in [4.69, 9.17) is 5.73 Å². The minimum Gasteiger partial charge on any atom is -0.330 e. The Morgan fingerprint density at radius 3 is 2.22 bits per heavy atom. The lowest BCUT2D eigenvalue weighted by Gasteiger charge is -2.34. The monoisotopic (exact) mass is 126 g/mol.